The van der Waals surface area contributed by atoms with Gasteiger partial charge < -0.3 is 9.64 Å². The fourth-order valence-corrected chi connectivity index (χ4v) is 6.62. The molecule has 0 unspecified atom stereocenters. The molecule has 1 aliphatic heterocycles. The summed E-state index contributed by atoms with van der Waals surface area (Å²) in [6, 6.07) is 6.59. The summed E-state index contributed by atoms with van der Waals surface area (Å²) in [5, 5.41) is 1.94. The van der Waals surface area contributed by atoms with Crippen molar-refractivity contribution in [3.63, 3.8) is 0 Å². The molecule has 12 heteroatoms. The summed E-state index contributed by atoms with van der Waals surface area (Å²) < 4.78 is 86.6. The molecule has 0 radical (unpaired) electrons. The van der Waals surface area contributed by atoms with E-state index in [9.17, 15) is 31.1 Å². The Bertz CT molecular complexity index is 1370. The van der Waals surface area contributed by atoms with Gasteiger partial charge in [0.25, 0.3) is 0 Å². The highest BCUT2D eigenvalue weighted by Crippen LogP contribution is 2.42. The Kier molecular flexibility index (Phi) is 8.46. The molecule has 226 valence electrons. The average molecular weight is 612 g/mol. The smallest absolute Gasteiger partial charge is 0.416 e. The van der Waals surface area contributed by atoms with Gasteiger partial charge in [-0.2, -0.15) is 26.3 Å². The van der Waals surface area contributed by atoms with E-state index >= 15 is 0 Å². The standard InChI is InChI=1S/C30H31F6N3O2S/c1-3-38(24-8-5-4-6-9-24)27-21(12-20(16-37-27)25-10-7-11-42-25)17-39-18(2)26(41-28(39)40)19-13-22(29(31,32)33)15-23(14-19)30(34,35)36/h7,10-16,18,24,26H,3-6,8-9,17H2,1-2H3/t18-,26+/m0/s1. The van der Waals surface area contributed by atoms with Gasteiger partial charge in [0.2, 0.25) is 0 Å². The van der Waals surface area contributed by atoms with E-state index in [-0.39, 0.29) is 24.2 Å². The number of hydrogen-bond donors (Lipinski definition) is 0. The molecule has 42 heavy (non-hydrogen) atoms. The number of ether oxygens (including phenoxy) is 1. The quantitative estimate of drug-likeness (QED) is 0.250. The van der Waals surface area contributed by atoms with E-state index in [1.807, 2.05) is 30.5 Å². The number of benzene rings is 1. The van der Waals surface area contributed by atoms with Crippen LogP contribution in [0, 0.1) is 0 Å². The highest BCUT2D eigenvalue weighted by molar-refractivity contribution is 7.13. The largest absolute Gasteiger partial charge is 0.439 e. The number of thiophene rings is 1. The number of amides is 1. The molecule has 2 aliphatic rings. The summed E-state index contributed by atoms with van der Waals surface area (Å²) in [5.41, 5.74) is -1.67. The molecule has 2 fully saturated rings. The maximum Gasteiger partial charge on any atom is 0.416 e. The van der Waals surface area contributed by atoms with Crippen LogP contribution in [0.4, 0.5) is 37.0 Å². The van der Waals surface area contributed by atoms with Gasteiger partial charge in [0, 0.05) is 34.8 Å². The molecule has 0 N–H and O–H groups in total. The van der Waals surface area contributed by atoms with Gasteiger partial charge in [-0.05, 0) is 68.0 Å². The molecule has 2 aromatic heterocycles. The van der Waals surface area contributed by atoms with Crippen molar-refractivity contribution >= 4 is 23.2 Å². The van der Waals surface area contributed by atoms with Crippen LogP contribution < -0.4 is 4.90 Å². The fourth-order valence-electron chi connectivity index (χ4n) is 5.92. The molecule has 1 saturated carbocycles. The molecule has 1 aliphatic carbocycles. The second-order valence-corrected chi connectivity index (χ2v) is 11.7. The summed E-state index contributed by atoms with van der Waals surface area (Å²) in [5.74, 6) is 0.714. The zero-order chi connectivity index (χ0) is 30.2. The van der Waals surface area contributed by atoms with Crippen LogP contribution in [0.25, 0.3) is 10.4 Å². The molecule has 0 spiro atoms. The van der Waals surface area contributed by atoms with E-state index in [0.29, 0.717) is 24.5 Å². The monoisotopic (exact) mass is 611 g/mol. The summed E-state index contributed by atoms with van der Waals surface area (Å²) in [6.07, 6.45) is -4.92. The van der Waals surface area contributed by atoms with Crippen molar-refractivity contribution in [1.82, 2.24) is 9.88 Å². The molecule has 5 nitrogen and oxygen atoms in total. The molecule has 1 aromatic carbocycles. The number of carbonyl (C=O) groups excluding carboxylic acids is 1. The van der Waals surface area contributed by atoms with E-state index in [2.05, 4.69) is 4.90 Å². The molecule has 1 saturated heterocycles. The molecular weight excluding hydrogens is 580 g/mol. The number of anilines is 1. The Morgan fingerprint density at radius 1 is 1.02 bits per heavy atom. The van der Waals surface area contributed by atoms with Crippen molar-refractivity contribution in [3.8, 4) is 10.4 Å². The van der Waals surface area contributed by atoms with Gasteiger partial charge in [0.1, 0.15) is 11.9 Å². The van der Waals surface area contributed by atoms with Crippen molar-refractivity contribution in [2.24, 2.45) is 0 Å². The lowest BCUT2D eigenvalue weighted by Gasteiger charge is -2.36. The third-order valence-corrected chi connectivity index (χ3v) is 8.97. The molecule has 5 rings (SSSR count). The Balaban J connectivity index is 1.50. The molecule has 1 amide bonds. The van der Waals surface area contributed by atoms with Gasteiger partial charge in [0.15, 0.2) is 0 Å². The van der Waals surface area contributed by atoms with Crippen molar-refractivity contribution in [3.05, 3.63) is 70.2 Å². The molecule has 0 bridgehead atoms. The number of hydrogen-bond acceptors (Lipinski definition) is 5. The Morgan fingerprint density at radius 3 is 2.26 bits per heavy atom. The molecule has 3 heterocycles. The van der Waals surface area contributed by atoms with Crippen LogP contribution in [-0.2, 0) is 23.6 Å². The Hall–Kier alpha value is -3.28. The summed E-state index contributed by atoms with van der Waals surface area (Å²) >= 11 is 1.54. The first-order valence-corrected chi connectivity index (χ1v) is 14.8. The molecule has 3 aromatic rings. The second-order valence-electron chi connectivity index (χ2n) is 10.8. The van der Waals surface area contributed by atoms with Crippen LogP contribution in [0.1, 0.15) is 74.3 Å². The van der Waals surface area contributed by atoms with E-state index < -0.39 is 41.7 Å². The number of pyridine rings is 1. The van der Waals surface area contributed by atoms with Gasteiger partial charge in [-0.25, -0.2) is 9.78 Å². The topological polar surface area (TPSA) is 45.7 Å². The van der Waals surface area contributed by atoms with E-state index in [4.69, 9.17) is 9.72 Å². The number of carbonyl (C=O) groups is 1. The van der Waals surface area contributed by atoms with Crippen molar-refractivity contribution in [2.75, 3.05) is 11.4 Å². The van der Waals surface area contributed by atoms with Crippen LogP contribution in [0.15, 0.2) is 48.0 Å². The van der Waals surface area contributed by atoms with Crippen LogP contribution in [-0.4, -0.2) is 34.6 Å². The summed E-state index contributed by atoms with van der Waals surface area (Å²) in [4.78, 5) is 22.5. The zero-order valence-electron chi connectivity index (χ0n) is 23.1. The number of nitrogens with zero attached hydrogens (tertiary/aromatic N) is 3. The number of alkyl halides is 6. The zero-order valence-corrected chi connectivity index (χ0v) is 24.0. The van der Waals surface area contributed by atoms with Crippen LogP contribution in [0.2, 0.25) is 0 Å². The minimum absolute atomic E-state index is 0.0341. The Morgan fingerprint density at radius 2 is 1.69 bits per heavy atom. The van der Waals surface area contributed by atoms with E-state index in [1.165, 1.54) is 22.7 Å². The fraction of sp³-hybridized carbons (Fsp3) is 0.467. The number of rotatable bonds is 7. The number of halogens is 6. The normalized spacial score (nSPS) is 20.2. The first-order chi connectivity index (χ1) is 19.9. The van der Waals surface area contributed by atoms with Gasteiger partial charge in [-0.1, -0.05) is 25.3 Å². The Labute approximate surface area is 244 Å². The maximum atomic E-state index is 13.5. The predicted molar refractivity (Wildman–Crippen MR) is 148 cm³/mol. The van der Waals surface area contributed by atoms with Crippen molar-refractivity contribution < 1.29 is 35.9 Å². The lowest BCUT2D eigenvalue weighted by molar-refractivity contribution is -0.143. The highest BCUT2D eigenvalue weighted by atomic mass is 32.1. The molecular formula is C30H31F6N3O2S. The number of aromatic nitrogens is 1. The average Bonchev–Trinajstić information content (AvgIpc) is 3.58. The minimum atomic E-state index is -5.01. The van der Waals surface area contributed by atoms with Gasteiger partial charge >= 0.3 is 18.4 Å². The highest BCUT2D eigenvalue weighted by Gasteiger charge is 2.43. The van der Waals surface area contributed by atoms with E-state index in [0.717, 1.165) is 41.7 Å². The third-order valence-electron chi connectivity index (χ3n) is 8.05. The third kappa shape index (κ3) is 6.23. The maximum absolute atomic E-state index is 13.5. The van der Waals surface area contributed by atoms with Gasteiger partial charge in [0.05, 0.1) is 23.7 Å². The van der Waals surface area contributed by atoms with Crippen molar-refractivity contribution in [2.45, 2.75) is 83.0 Å². The lowest BCUT2D eigenvalue weighted by Crippen LogP contribution is -2.39. The SMILES string of the molecule is CCN(c1ncc(-c2cccs2)cc1CN1C(=O)O[C@@H](c2cc(C(F)(F)F)cc(C(F)(F)F)c2)[C@@H]1C)C1CCCCC1. The first kappa shape index (κ1) is 30.2. The van der Waals surface area contributed by atoms with Crippen LogP contribution in [0.5, 0.6) is 0 Å². The predicted octanol–water partition coefficient (Wildman–Crippen LogP) is 9.09. The van der Waals surface area contributed by atoms with Crippen LogP contribution in [0.3, 0.4) is 0 Å². The lowest BCUT2D eigenvalue weighted by atomic mass is 9.93. The summed E-state index contributed by atoms with van der Waals surface area (Å²) in [6.45, 7) is 4.34. The van der Waals surface area contributed by atoms with Gasteiger partial charge in [-0.15, -0.1) is 11.3 Å². The van der Waals surface area contributed by atoms with Gasteiger partial charge in [-0.3, -0.25) is 4.90 Å². The molecule has 2 atom stereocenters. The minimum Gasteiger partial charge on any atom is -0.439 e. The van der Waals surface area contributed by atoms with E-state index in [1.54, 1.807) is 13.1 Å². The van der Waals surface area contributed by atoms with Crippen molar-refractivity contribution in [1.29, 1.82) is 0 Å². The number of cyclic esters (lactones) is 1. The first-order valence-electron chi connectivity index (χ1n) is 13.9. The van der Waals surface area contributed by atoms with Crippen LogP contribution >= 0.6 is 11.3 Å². The second kappa shape index (κ2) is 11.8. The summed E-state index contributed by atoms with van der Waals surface area (Å²) in [7, 11) is 0.